The van der Waals surface area contributed by atoms with Crippen LogP contribution in [0.1, 0.15) is 12.0 Å². The maximum Gasteiger partial charge on any atom is 0.573 e. The molecule has 1 aliphatic rings. The first-order valence-electron chi connectivity index (χ1n) is 9.54. The molecule has 1 saturated heterocycles. The number of nitrogens with one attached hydrogen (secondary N) is 1. The van der Waals surface area contributed by atoms with Crippen molar-refractivity contribution in [3.8, 4) is 17.2 Å². The highest BCUT2D eigenvalue weighted by Crippen LogP contribution is 2.35. The second-order valence-electron chi connectivity index (χ2n) is 6.94. The van der Waals surface area contributed by atoms with E-state index in [-0.39, 0.29) is 16.8 Å². The number of hydrogen-bond donors (Lipinski definition) is 1. The summed E-state index contributed by atoms with van der Waals surface area (Å²) in [6.07, 6.45) is -3.21. The van der Waals surface area contributed by atoms with Gasteiger partial charge in [-0.15, -0.1) is 13.2 Å². The smallest absolute Gasteiger partial charge is 0.493 e. The number of halogens is 4. The molecule has 1 N–H and O–H groups in total. The summed E-state index contributed by atoms with van der Waals surface area (Å²) in [6.45, 7) is 2.14. The molecule has 0 bridgehead atoms. The van der Waals surface area contributed by atoms with Crippen molar-refractivity contribution in [1.29, 1.82) is 0 Å². The zero-order valence-electron chi connectivity index (χ0n) is 16.8. The number of alkyl halides is 3. The Hall–Kier alpha value is -2.32. The van der Waals surface area contributed by atoms with Gasteiger partial charge in [-0.05, 0) is 42.7 Å². The first-order chi connectivity index (χ1) is 14.3. The van der Waals surface area contributed by atoms with E-state index in [1.165, 1.54) is 12.1 Å². The minimum Gasteiger partial charge on any atom is -0.493 e. The molecule has 0 saturated carbocycles. The monoisotopic (exact) mass is 444 g/mol. The van der Waals surface area contributed by atoms with Crippen LogP contribution in [-0.2, 0) is 6.42 Å². The summed E-state index contributed by atoms with van der Waals surface area (Å²) in [6, 6.07) is 10.4. The quantitative estimate of drug-likeness (QED) is 0.672. The largest absolute Gasteiger partial charge is 0.573 e. The van der Waals surface area contributed by atoms with Crippen LogP contribution < -0.4 is 24.4 Å². The second-order valence-corrected chi connectivity index (χ2v) is 7.35. The zero-order chi connectivity index (χ0) is 21.7. The van der Waals surface area contributed by atoms with E-state index in [4.69, 9.17) is 21.1 Å². The molecule has 1 heterocycles. The van der Waals surface area contributed by atoms with Gasteiger partial charge in [0.05, 0.1) is 19.2 Å². The van der Waals surface area contributed by atoms with Crippen molar-refractivity contribution in [2.24, 2.45) is 0 Å². The van der Waals surface area contributed by atoms with E-state index in [1.54, 1.807) is 20.3 Å². The maximum atomic E-state index is 12.7. The van der Waals surface area contributed by atoms with E-state index in [9.17, 15) is 13.2 Å². The molecule has 0 aliphatic carbocycles. The Morgan fingerprint density at radius 2 is 1.83 bits per heavy atom. The molecular formula is C21H24ClF3N2O3. The summed E-state index contributed by atoms with van der Waals surface area (Å²) in [5.41, 5.74) is 1.74. The predicted octanol–water partition coefficient (Wildman–Crippen LogP) is 4.67. The van der Waals surface area contributed by atoms with Gasteiger partial charge in [0.15, 0.2) is 11.5 Å². The van der Waals surface area contributed by atoms with E-state index in [0.717, 1.165) is 31.5 Å². The van der Waals surface area contributed by atoms with Crippen LogP contribution in [0, 0.1) is 0 Å². The topological polar surface area (TPSA) is 43.0 Å². The Balaban J connectivity index is 1.75. The molecular weight excluding hydrogens is 421 g/mol. The van der Waals surface area contributed by atoms with E-state index in [1.807, 2.05) is 18.2 Å². The molecule has 0 amide bonds. The molecule has 3 rings (SSSR count). The number of piperazine rings is 1. The van der Waals surface area contributed by atoms with Crippen LogP contribution in [0.4, 0.5) is 18.9 Å². The number of rotatable bonds is 7. The molecule has 0 aromatic heterocycles. The molecule has 1 aliphatic heterocycles. The van der Waals surface area contributed by atoms with E-state index in [0.29, 0.717) is 23.7 Å². The van der Waals surface area contributed by atoms with Gasteiger partial charge in [0, 0.05) is 37.4 Å². The van der Waals surface area contributed by atoms with Gasteiger partial charge < -0.3 is 24.4 Å². The lowest BCUT2D eigenvalue weighted by atomic mass is 10.0. The minimum atomic E-state index is -4.79. The van der Waals surface area contributed by atoms with Crippen molar-refractivity contribution < 1.29 is 27.4 Å². The third-order valence-electron chi connectivity index (χ3n) is 5.04. The van der Waals surface area contributed by atoms with E-state index in [2.05, 4.69) is 15.0 Å². The molecule has 0 radical (unpaired) electrons. The molecule has 5 nitrogen and oxygen atoms in total. The minimum absolute atomic E-state index is 0.0758. The molecule has 9 heteroatoms. The lowest BCUT2D eigenvalue weighted by molar-refractivity contribution is -0.274. The number of methoxy groups -OCH3 is 2. The maximum absolute atomic E-state index is 12.7. The first kappa shape index (κ1) is 22.4. The summed E-state index contributed by atoms with van der Waals surface area (Å²) < 4.78 is 52.7. The number of anilines is 1. The Morgan fingerprint density at radius 3 is 2.53 bits per heavy atom. The molecule has 2 aromatic carbocycles. The van der Waals surface area contributed by atoms with Gasteiger partial charge in [-0.2, -0.15) is 0 Å². The summed E-state index contributed by atoms with van der Waals surface area (Å²) in [7, 11) is 3.18. The number of hydrogen-bond acceptors (Lipinski definition) is 5. The van der Waals surface area contributed by atoms with Crippen molar-refractivity contribution in [2.45, 2.75) is 25.2 Å². The van der Waals surface area contributed by atoms with Crippen LogP contribution in [0.15, 0.2) is 36.4 Å². The van der Waals surface area contributed by atoms with Crippen molar-refractivity contribution in [3.05, 3.63) is 47.0 Å². The molecule has 1 fully saturated rings. The Morgan fingerprint density at radius 1 is 1.07 bits per heavy atom. The Labute approximate surface area is 178 Å². The van der Waals surface area contributed by atoms with Crippen LogP contribution in [0.2, 0.25) is 5.02 Å². The van der Waals surface area contributed by atoms with Gasteiger partial charge >= 0.3 is 6.36 Å². The van der Waals surface area contributed by atoms with Crippen molar-refractivity contribution >= 4 is 17.3 Å². The summed E-state index contributed by atoms with van der Waals surface area (Å²) in [5.74, 6) is 0.944. The number of nitrogens with zero attached hydrogens (tertiary/aromatic N) is 1. The van der Waals surface area contributed by atoms with Gasteiger partial charge in [0.25, 0.3) is 0 Å². The summed E-state index contributed by atoms with van der Waals surface area (Å²) >= 11 is 5.89. The fourth-order valence-corrected chi connectivity index (χ4v) is 3.76. The standard InChI is InChI=1S/C21H24ClF3N2O3/c1-28-18-8-4-14(11-20(18)29-2)3-5-16-13-26-9-10-27(16)15-6-7-17(22)19(12-15)30-21(23,24)25/h4,6-8,11-12,16,26H,3,5,9-10,13H2,1-2H3. The van der Waals surface area contributed by atoms with Gasteiger partial charge in [-0.1, -0.05) is 17.7 Å². The Bertz CT molecular complexity index is 864. The van der Waals surface area contributed by atoms with Gasteiger partial charge in [-0.3, -0.25) is 0 Å². The van der Waals surface area contributed by atoms with Crippen LogP contribution >= 0.6 is 11.6 Å². The lowest BCUT2D eigenvalue weighted by Crippen LogP contribution is -2.51. The molecule has 1 atom stereocenters. The van der Waals surface area contributed by atoms with Crippen molar-refractivity contribution in [1.82, 2.24) is 5.32 Å². The first-order valence-corrected chi connectivity index (χ1v) is 9.92. The highest BCUT2D eigenvalue weighted by Gasteiger charge is 2.32. The van der Waals surface area contributed by atoms with E-state index >= 15 is 0 Å². The average molecular weight is 445 g/mol. The fraction of sp³-hybridized carbons (Fsp3) is 0.429. The summed E-state index contributed by atoms with van der Waals surface area (Å²) in [4.78, 5) is 2.09. The lowest BCUT2D eigenvalue weighted by Gasteiger charge is -2.38. The molecule has 30 heavy (non-hydrogen) atoms. The van der Waals surface area contributed by atoms with E-state index < -0.39 is 6.36 Å². The SMILES string of the molecule is COc1ccc(CCC2CNCCN2c2ccc(Cl)c(OC(F)(F)F)c2)cc1OC. The second kappa shape index (κ2) is 9.66. The number of ether oxygens (including phenoxy) is 3. The third-order valence-corrected chi connectivity index (χ3v) is 5.35. The van der Waals surface area contributed by atoms with Crippen molar-refractivity contribution in [2.75, 3.05) is 38.8 Å². The zero-order valence-corrected chi connectivity index (χ0v) is 17.5. The molecule has 0 spiro atoms. The van der Waals surface area contributed by atoms with Crippen LogP contribution in [-0.4, -0.2) is 46.3 Å². The summed E-state index contributed by atoms with van der Waals surface area (Å²) in [5, 5.41) is 3.28. The Kier molecular flexibility index (Phi) is 7.20. The highest BCUT2D eigenvalue weighted by atomic mass is 35.5. The normalized spacial score (nSPS) is 17.0. The predicted molar refractivity (Wildman–Crippen MR) is 110 cm³/mol. The van der Waals surface area contributed by atoms with Gasteiger partial charge in [0.2, 0.25) is 0 Å². The van der Waals surface area contributed by atoms with Gasteiger partial charge in [-0.25, -0.2) is 0 Å². The van der Waals surface area contributed by atoms with Crippen LogP contribution in [0.5, 0.6) is 17.2 Å². The molecule has 1 unspecified atom stereocenters. The molecule has 164 valence electrons. The number of benzene rings is 2. The third kappa shape index (κ3) is 5.64. The number of aryl methyl sites for hydroxylation is 1. The van der Waals surface area contributed by atoms with Crippen LogP contribution in [0.25, 0.3) is 0 Å². The van der Waals surface area contributed by atoms with Crippen LogP contribution in [0.3, 0.4) is 0 Å². The van der Waals surface area contributed by atoms with Crippen molar-refractivity contribution in [3.63, 3.8) is 0 Å². The van der Waals surface area contributed by atoms with Gasteiger partial charge in [0.1, 0.15) is 5.75 Å². The average Bonchev–Trinajstić information content (AvgIpc) is 2.73. The highest BCUT2D eigenvalue weighted by molar-refractivity contribution is 6.32. The fourth-order valence-electron chi connectivity index (χ4n) is 3.60. The molecule has 2 aromatic rings.